The van der Waals surface area contributed by atoms with Crippen molar-refractivity contribution in [1.29, 1.82) is 0 Å². The van der Waals surface area contributed by atoms with E-state index in [2.05, 4.69) is 0 Å². The van der Waals surface area contributed by atoms with Gasteiger partial charge in [-0.25, -0.2) is 0 Å². The minimum absolute atomic E-state index is 0. The second-order valence-electron chi connectivity index (χ2n) is 0.639. The summed E-state index contributed by atoms with van der Waals surface area (Å²) in [6.45, 7) is 0. The molecule has 0 aliphatic rings. The van der Waals surface area contributed by atoms with E-state index >= 15 is 0 Å². The fourth-order valence-electron chi connectivity index (χ4n) is 0. The Morgan fingerprint density at radius 3 is 1.00 bits per heavy atom. The first kappa shape index (κ1) is 24.2. The molecule has 7 nitrogen and oxygen atoms in total. The van der Waals surface area contributed by atoms with Crippen LogP contribution < -0.4 is 80.9 Å². The standard InChI is InChI=1S/K.Na.H2O4S2.H2O3S/c;;1-5(2)6(3)4;1-4(2)3/h;;(H,1,2)(H,3,4);(H2,1,2,3)/q2*+1;;/p-2. The Bertz CT molecular complexity index is 141. The zero-order valence-corrected chi connectivity index (χ0v) is 13.7. The summed E-state index contributed by atoms with van der Waals surface area (Å²) < 4.78 is 59.2. The molecule has 0 aromatic carbocycles. The Labute approximate surface area is 140 Å². The van der Waals surface area contributed by atoms with Gasteiger partial charge < -0.3 is 9.11 Å². The van der Waals surface area contributed by atoms with Gasteiger partial charge in [0.25, 0.3) is 11.4 Å². The molecule has 12 heavy (non-hydrogen) atoms. The van der Waals surface area contributed by atoms with Crippen LogP contribution in [-0.2, 0) is 31.6 Å². The van der Waals surface area contributed by atoms with Gasteiger partial charge in [0, 0.05) is 20.2 Å². The van der Waals surface area contributed by atoms with Gasteiger partial charge in [-0.1, -0.05) is 0 Å². The van der Waals surface area contributed by atoms with Crippen LogP contribution >= 0.6 is 0 Å². The largest absolute Gasteiger partial charge is 1.00 e. The molecule has 0 bridgehead atoms. The fraction of sp³-hybridized carbons (Fsp3) is 0. The molecular formula is H2KNaO7S3. The molecule has 0 fully saturated rings. The number of hydrogen-bond acceptors (Lipinski definition) is 5. The topological polar surface area (TPSA) is 138 Å². The first-order valence-electron chi connectivity index (χ1n) is 1.37. The zero-order valence-electron chi connectivity index (χ0n) is 6.16. The second-order valence-corrected chi connectivity index (χ2v) is 3.55. The summed E-state index contributed by atoms with van der Waals surface area (Å²) in [5.41, 5.74) is 0. The van der Waals surface area contributed by atoms with Crippen LogP contribution in [0.25, 0.3) is 0 Å². The normalized spacial score (nSPS) is 12.8. The summed E-state index contributed by atoms with van der Waals surface area (Å²) in [6.07, 6.45) is 0. The van der Waals surface area contributed by atoms with E-state index < -0.39 is 31.6 Å². The summed E-state index contributed by atoms with van der Waals surface area (Å²) in [6, 6.07) is 0. The van der Waals surface area contributed by atoms with E-state index in [9.17, 15) is 0 Å². The Morgan fingerprint density at radius 1 is 0.917 bits per heavy atom. The zero-order chi connectivity index (χ0) is 8.73. The molecule has 12 heteroatoms. The van der Waals surface area contributed by atoms with E-state index in [0.717, 1.165) is 0 Å². The van der Waals surface area contributed by atoms with Gasteiger partial charge in [0.05, 0.1) is 0 Å². The van der Waals surface area contributed by atoms with Gasteiger partial charge in [0.15, 0.2) is 0 Å². The summed E-state index contributed by atoms with van der Waals surface area (Å²) in [5.74, 6) is 0. The van der Waals surface area contributed by atoms with E-state index in [4.69, 9.17) is 30.8 Å². The van der Waals surface area contributed by atoms with Gasteiger partial charge in [0.2, 0.25) is 0 Å². The van der Waals surface area contributed by atoms with Crippen molar-refractivity contribution in [2.45, 2.75) is 0 Å². The Hall–Kier alpha value is 2.93. The van der Waals surface area contributed by atoms with E-state index in [-0.39, 0.29) is 80.9 Å². The summed E-state index contributed by atoms with van der Waals surface area (Å²) >= 11 is -2.61. The second kappa shape index (κ2) is 16.4. The maximum absolute atomic E-state index is 9.09. The van der Waals surface area contributed by atoms with Crippen molar-refractivity contribution in [2.24, 2.45) is 0 Å². The van der Waals surface area contributed by atoms with Gasteiger partial charge in [0.1, 0.15) is 0 Å². The van der Waals surface area contributed by atoms with Crippen LogP contribution in [0, 0.1) is 0 Å². The van der Waals surface area contributed by atoms with Crippen LogP contribution in [0.1, 0.15) is 0 Å². The predicted octanol–water partition coefficient (Wildman–Crippen LogP) is -7.65. The molecule has 0 heterocycles. The third kappa shape index (κ3) is 38.3. The Balaban J connectivity index is -0.0000000483. The molecule has 0 saturated heterocycles. The molecule has 2 N–H and O–H groups in total. The van der Waals surface area contributed by atoms with Crippen LogP contribution in [0.2, 0.25) is 0 Å². The van der Waals surface area contributed by atoms with Crippen molar-refractivity contribution in [1.82, 2.24) is 0 Å². The average molecular weight is 272 g/mol. The molecule has 0 rings (SSSR count). The predicted molar refractivity (Wildman–Crippen MR) is 31.2 cm³/mol. The van der Waals surface area contributed by atoms with Gasteiger partial charge in [-0.2, -0.15) is 4.21 Å². The maximum atomic E-state index is 9.09. The van der Waals surface area contributed by atoms with Crippen LogP contribution in [0.5, 0.6) is 0 Å². The molecule has 0 aromatic heterocycles. The van der Waals surface area contributed by atoms with E-state index in [1.165, 1.54) is 0 Å². The van der Waals surface area contributed by atoms with E-state index in [1.807, 2.05) is 0 Å². The number of rotatable bonds is 1. The monoisotopic (exact) mass is 272 g/mol. The average Bonchev–Trinajstić information content (AvgIpc) is 1.63. The van der Waals surface area contributed by atoms with Crippen molar-refractivity contribution in [3.63, 3.8) is 0 Å². The molecule has 0 saturated carbocycles. The van der Waals surface area contributed by atoms with Crippen molar-refractivity contribution in [3.05, 3.63) is 0 Å². The van der Waals surface area contributed by atoms with Crippen LogP contribution in [0.4, 0.5) is 0 Å². The first-order chi connectivity index (χ1) is 4.37. The fourth-order valence-corrected chi connectivity index (χ4v) is 0. The van der Waals surface area contributed by atoms with Crippen molar-refractivity contribution >= 4 is 31.6 Å². The smallest absolute Gasteiger partial charge is 0.763 e. The molecule has 0 aliphatic heterocycles. The summed E-state index contributed by atoms with van der Waals surface area (Å²) in [5, 5.41) is 0. The van der Waals surface area contributed by atoms with Gasteiger partial charge in [-0.3, -0.25) is 17.5 Å². The molecule has 0 aliphatic carbocycles. The molecule has 0 amide bonds. The van der Waals surface area contributed by atoms with Gasteiger partial charge in [-0.15, -0.1) is 0 Å². The molecular weight excluding hydrogens is 270 g/mol. The molecule has 0 radical (unpaired) electrons. The number of hydrogen-bond donors (Lipinski definition) is 2. The summed E-state index contributed by atoms with van der Waals surface area (Å²) in [4.78, 5) is 0. The molecule has 64 valence electrons. The van der Waals surface area contributed by atoms with Crippen LogP contribution in [0.3, 0.4) is 0 Å². The first-order valence-corrected chi connectivity index (χ1v) is 5.10. The van der Waals surface area contributed by atoms with E-state index in [0.29, 0.717) is 0 Å². The Morgan fingerprint density at radius 2 is 1.00 bits per heavy atom. The van der Waals surface area contributed by atoms with Gasteiger partial charge in [-0.05, 0) is 0 Å². The summed E-state index contributed by atoms with van der Waals surface area (Å²) in [7, 11) is -5.90. The van der Waals surface area contributed by atoms with Crippen molar-refractivity contribution in [3.8, 4) is 0 Å². The minimum atomic E-state index is -2.95. The van der Waals surface area contributed by atoms with Crippen molar-refractivity contribution < 1.29 is 112 Å². The third-order valence-corrected chi connectivity index (χ3v) is 1.00. The van der Waals surface area contributed by atoms with Gasteiger partial charge >= 0.3 is 80.9 Å². The van der Waals surface area contributed by atoms with Crippen molar-refractivity contribution in [2.75, 3.05) is 0 Å². The van der Waals surface area contributed by atoms with Crippen LogP contribution in [0.15, 0.2) is 0 Å². The molecule has 2 atom stereocenters. The third-order valence-electron chi connectivity index (χ3n) is 0.111. The molecule has 0 aromatic rings. The Kier molecular flexibility index (Phi) is 33.1. The van der Waals surface area contributed by atoms with E-state index in [1.54, 1.807) is 0 Å². The molecule has 0 spiro atoms. The van der Waals surface area contributed by atoms with Crippen LogP contribution in [-0.4, -0.2) is 30.8 Å². The SMILES string of the molecule is O=S(O)O.O=S([O-])S(=O)[O-].[K+].[Na+]. The minimum Gasteiger partial charge on any atom is -0.763 e. The maximum Gasteiger partial charge on any atom is 1.00 e. The quantitative estimate of drug-likeness (QED) is 0.274. The molecule has 2 unspecified atom stereocenters.